The summed E-state index contributed by atoms with van der Waals surface area (Å²) in [6, 6.07) is 1.76. The molecule has 7 heteroatoms. The van der Waals surface area contributed by atoms with Gasteiger partial charge in [-0.1, -0.05) is 6.92 Å². The first kappa shape index (κ1) is 13.5. The fourth-order valence-electron chi connectivity index (χ4n) is 1.93. The topological polar surface area (TPSA) is 63.4 Å². The molecule has 0 spiro atoms. The van der Waals surface area contributed by atoms with Gasteiger partial charge in [0.1, 0.15) is 4.21 Å². The van der Waals surface area contributed by atoms with Gasteiger partial charge in [-0.3, -0.25) is 0 Å². The molecule has 17 heavy (non-hydrogen) atoms. The minimum atomic E-state index is -3.36. The summed E-state index contributed by atoms with van der Waals surface area (Å²) in [5, 5.41) is 1.77. The second-order valence-electron chi connectivity index (χ2n) is 4.66. The Morgan fingerprint density at radius 2 is 2.35 bits per heavy atom. The summed E-state index contributed by atoms with van der Waals surface area (Å²) in [5.74, 6) is 0. The Balaban J connectivity index is 2.28. The van der Waals surface area contributed by atoms with Gasteiger partial charge in [-0.25, -0.2) is 8.42 Å². The third-order valence-electron chi connectivity index (χ3n) is 3.17. The second kappa shape index (κ2) is 4.62. The molecule has 96 valence electrons. The summed E-state index contributed by atoms with van der Waals surface area (Å²) < 4.78 is 27.3. The Hall–Kier alpha value is 0.0500. The van der Waals surface area contributed by atoms with Gasteiger partial charge in [0.05, 0.1) is 0 Å². The summed E-state index contributed by atoms with van der Waals surface area (Å²) in [4.78, 5) is 0. The van der Waals surface area contributed by atoms with E-state index in [1.807, 2.05) is 6.92 Å². The van der Waals surface area contributed by atoms with Gasteiger partial charge in [0, 0.05) is 17.6 Å². The largest absolute Gasteiger partial charge is 0.330 e. The highest BCUT2D eigenvalue weighted by atomic mass is 79.9. The van der Waals surface area contributed by atoms with Crippen LogP contribution in [-0.2, 0) is 10.0 Å². The summed E-state index contributed by atoms with van der Waals surface area (Å²) in [6.07, 6.45) is 0.825. The van der Waals surface area contributed by atoms with E-state index >= 15 is 0 Å². The molecule has 1 unspecified atom stereocenters. The van der Waals surface area contributed by atoms with E-state index in [9.17, 15) is 8.42 Å². The van der Waals surface area contributed by atoms with Gasteiger partial charge >= 0.3 is 0 Å². The molecule has 0 saturated carbocycles. The van der Waals surface area contributed by atoms with E-state index in [-0.39, 0.29) is 5.41 Å². The van der Waals surface area contributed by atoms with Crippen molar-refractivity contribution in [3.05, 3.63) is 15.9 Å². The fraction of sp³-hybridized carbons (Fsp3) is 0.600. The number of rotatable bonds is 3. The molecule has 1 saturated heterocycles. The zero-order chi connectivity index (χ0) is 12.7. The molecule has 2 heterocycles. The van der Waals surface area contributed by atoms with Gasteiger partial charge in [0.25, 0.3) is 10.0 Å². The number of thiophene rings is 1. The van der Waals surface area contributed by atoms with Crippen molar-refractivity contribution in [2.75, 3.05) is 19.6 Å². The lowest BCUT2D eigenvalue weighted by Gasteiger charge is -2.22. The molecule has 0 aliphatic carbocycles. The Bertz CT molecular complexity index is 514. The van der Waals surface area contributed by atoms with E-state index in [4.69, 9.17) is 5.73 Å². The molecule has 1 atom stereocenters. The van der Waals surface area contributed by atoms with E-state index in [0.717, 1.165) is 6.42 Å². The number of nitrogens with two attached hydrogens (primary N) is 1. The third-order valence-corrected chi connectivity index (χ3v) is 7.67. The standard InChI is InChI=1S/C10H15BrN2O2S2/c1-10(6-12)3-4-13(7-10)17(14,15)9-8(11)2-5-16-9/h2,5H,3-4,6-7,12H2,1H3. The molecule has 0 aromatic carbocycles. The predicted octanol–water partition coefficient (Wildman–Crippen LogP) is 1.87. The lowest BCUT2D eigenvalue weighted by molar-refractivity contribution is 0.350. The maximum atomic E-state index is 12.4. The van der Waals surface area contributed by atoms with Crippen LogP contribution in [0.5, 0.6) is 0 Å². The Kier molecular flexibility index (Phi) is 3.66. The summed E-state index contributed by atoms with van der Waals surface area (Å²) in [5.41, 5.74) is 5.61. The highest BCUT2D eigenvalue weighted by Gasteiger charge is 2.39. The van der Waals surface area contributed by atoms with E-state index in [1.165, 1.54) is 15.6 Å². The molecule has 1 aliphatic rings. The minimum absolute atomic E-state index is 0.0865. The maximum Gasteiger partial charge on any atom is 0.253 e. The lowest BCUT2D eigenvalue weighted by Crippen LogP contribution is -2.34. The molecule has 2 rings (SSSR count). The number of sulfonamides is 1. The van der Waals surface area contributed by atoms with Gasteiger partial charge < -0.3 is 5.73 Å². The quantitative estimate of drug-likeness (QED) is 0.914. The van der Waals surface area contributed by atoms with Crippen LogP contribution in [0.3, 0.4) is 0 Å². The first-order valence-corrected chi connectivity index (χ1v) is 8.43. The van der Waals surface area contributed by atoms with Crippen molar-refractivity contribution < 1.29 is 8.42 Å². The molecule has 1 aromatic rings. The monoisotopic (exact) mass is 338 g/mol. The Morgan fingerprint density at radius 1 is 1.65 bits per heavy atom. The minimum Gasteiger partial charge on any atom is -0.330 e. The third kappa shape index (κ3) is 2.44. The average Bonchev–Trinajstić information content (AvgIpc) is 2.86. The van der Waals surface area contributed by atoms with Crippen molar-refractivity contribution in [2.45, 2.75) is 17.6 Å². The van der Waals surface area contributed by atoms with Crippen LogP contribution in [0.4, 0.5) is 0 Å². The van der Waals surface area contributed by atoms with Gasteiger partial charge in [-0.15, -0.1) is 11.3 Å². The zero-order valence-corrected chi connectivity index (χ0v) is 12.7. The highest BCUT2D eigenvalue weighted by molar-refractivity contribution is 9.10. The lowest BCUT2D eigenvalue weighted by atomic mass is 9.90. The molecule has 0 radical (unpaired) electrons. The van der Waals surface area contributed by atoms with Crippen molar-refractivity contribution in [3.8, 4) is 0 Å². The van der Waals surface area contributed by atoms with Crippen LogP contribution >= 0.6 is 27.3 Å². The van der Waals surface area contributed by atoms with Crippen LogP contribution in [0.2, 0.25) is 0 Å². The first-order chi connectivity index (χ1) is 7.89. The van der Waals surface area contributed by atoms with Crippen molar-refractivity contribution in [1.29, 1.82) is 0 Å². The van der Waals surface area contributed by atoms with E-state index in [1.54, 1.807) is 11.4 Å². The van der Waals surface area contributed by atoms with Gasteiger partial charge in [0.15, 0.2) is 0 Å². The van der Waals surface area contributed by atoms with Crippen molar-refractivity contribution in [1.82, 2.24) is 4.31 Å². The average molecular weight is 339 g/mol. The smallest absolute Gasteiger partial charge is 0.253 e. The molecule has 1 fully saturated rings. The van der Waals surface area contributed by atoms with Gasteiger partial charge in [-0.2, -0.15) is 4.31 Å². The molecular formula is C10H15BrN2O2S2. The number of hydrogen-bond donors (Lipinski definition) is 1. The molecule has 0 amide bonds. The van der Waals surface area contributed by atoms with Gasteiger partial charge in [0.2, 0.25) is 0 Å². The van der Waals surface area contributed by atoms with Crippen LogP contribution in [0.25, 0.3) is 0 Å². The second-order valence-corrected chi connectivity index (χ2v) is 8.56. The van der Waals surface area contributed by atoms with Crippen molar-refractivity contribution >= 4 is 37.3 Å². The van der Waals surface area contributed by atoms with Crippen LogP contribution in [0, 0.1) is 5.41 Å². The van der Waals surface area contributed by atoms with E-state index in [2.05, 4.69) is 15.9 Å². The predicted molar refractivity (Wildman–Crippen MR) is 72.6 cm³/mol. The number of halogens is 1. The van der Waals surface area contributed by atoms with E-state index < -0.39 is 10.0 Å². The van der Waals surface area contributed by atoms with Crippen molar-refractivity contribution in [2.24, 2.45) is 11.1 Å². The van der Waals surface area contributed by atoms with Crippen LogP contribution in [0.15, 0.2) is 20.1 Å². The molecular weight excluding hydrogens is 324 g/mol. The number of nitrogens with zero attached hydrogens (tertiary/aromatic N) is 1. The first-order valence-electron chi connectivity index (χ1n) is 5.32. The highest BCUT2D eigenvalue weighted by Crippen LogP contribution is 2.36. The molecule has 2 N–H and O–H groups in total. The molecule has 1 aromatic heterocycles. The molecule has 1 aliphatic heterocycles. The van der Waals surface area contributed by atoms with Gasteiger partial charge in [-0.05, 0) is 45.8 Å². The Labute approximate surface area is 114 Å². The SMILES string of the molecule is CC1(CN)CCN(S(=O)(=O)c2sccc2Br)C1. The summed E-state index contributed by atoms with van der Waals surface area (Å²) in [7, 11) is -3.36. The Morgan fingerprint density at radius 3 is 2.82 bits per heavy atom. The fourth-order valence-corrected chi connectivity index (χ4v) is 5.97. The van der Waals surface area contributed by atoms with Crippen molar-refractivity contribution in [3.63, 3.8) is 0 Å². The summed E-state index contributed by atoms with van der Waals surface area (Å²) in [6.45, 7) is 3.62. The summed E-state index contributed by atoms with van der Waals surface area (Å²) >= 11 is 4.52. The zero-order valence-electron chi connectivity index (χ0n) is 9.52. The number of hydrogen-bond acceptors (Lipinski definition) is 4. The van der Waals surface area contributed by atoms with E-state index in [0.29, 0.717) is 28.3 Å². The molecule has 4 nitrogen and oxygen atoms in total. The van der Waals surface area contributed by atoms with Crippen LogP contribution < -0.4 is 5.73 Å². The normalized spacial score (nSPS) is 26.5. The maximum absolute atomic E-state index is 12.4. The van der Waals surface area contributed by atoms with Crippen LogP contribution in [0.1, 0.15) is 13.3 Å². The molecule has 0 bridgehead atoms. The van der Waals surface area contributed by atoms with Crippen LogP contribution in [-0.4, -0.2) is 32.4 Å².